The first kappa shape index (κ1) is 22.3. The molecule has 1 fully saturated rings. The second-order valence-electron chi connectivity index (χ2n) is 9.69. The molecule has 5 nitrogen and oxygen atoms in total. The Kier molecular flexibility index (Phi) is 6.68. The Morgan fingerprint density at radius 1 is 1.16 bits per heavy atom. The number of anilines is 1. The fourth-order valence-corrected chi connectivity index (χ4v) is 5.77. The second kappa shape index (κ2) is 9.29. The highest BCUT2D eigenvalue weighted by atomic mass is 32.2. The minimum absolute atomic E-state index is 0.302. The van der Waals surface area contributed by atoms with Crippen molar-refractivity contribution in [2.24, 2.45) is 5.92 Å². The largest absolute Gasteiger partial charge is 0.366 e. The maximum atomic E-state index is 11.9. The van der Waals surface area contributed by atoms with Crippen molar-refractivity contribution < 1.29 is 8.42 Å². The van der Waals surface area contributed by atoms with Crippen molar-refractivity contribution >= 4 is 15.7 Å². The number of sulfone groups is 1. The summed E-state index contributed by atoms with van der Waals surface area (Å²) in [5, 5.41) is 3.70. The van der Waals surface area contributed by atoms with E-state index in [1.807, 2.05) is 18.3 Å². The third-order valence-electron chi connectivity index (χ3n) is 6.92. The highest BCUT2D eigenvalue weighted by Crippen LogP contribution is 2.40. The Labute approximate surface area is 187 Å². The van der Waals surface area contributed by atoms with Gasteiger partial charge in [-0.1, -0.05) is 43.9 Å². The van der Waals surface area contributed by atoms with Crippen molar-refractivity contribution in [1.82, 2.24) is 9.88 Å². The molecule has 2 aromatic rings. The first-order valence-corrected chi connectivity index (χ1v) is 13.4. The molecule has 168 valence electrons. The maximum absolute atomic E-state index is 11.9. The van der Waals surface area contributed by atoms with E-state index < -0.39 is 9.84 Å². The van der Waals surface area contributed by atoms with Gasteiger partial charge >= 0.3 is 0 Å². The molecule has 2 unspecified atom stereocenters. The van der Waals surface area contributed by atoms with E-state index in [1.54, 1.807) is 12.1 Å². The number of benzene rings is 1. The van der Waals surface area contributed by atoms with E-state index in [4.69, 9.17) is 4.98 Å². The maximum Gasteiger partial charge on any atom is 0.175 e. The fraction of sp³-hybridized carbons (Fsp3) is 0.560. The second-order valence-corrected chi connectivity index (χ2v) is 11.7. The van der Waals surface area contributed by atoms with Crippen LogP contribution in [0.4, 0.5) is 5.82 Å². The topological polar surface area (TPSA) is 62.3 Å². The molecule has 2 heterocycles. The molecular weight excluding hydrogens is 406 g/mol. The molecule has 0 bridgehead atoms. The van der Waals surface area contributed by atoms with Crippen molar-refractivity contribution in [1.29, 1.82) is 0 Å². The zero-order valence-corrected chi connectivity index (χ0v) is 19.8. The van der Waals surface area contributed by atoms with Crippen LogP contribution in [0.1, 0.15) is 54.7 Å². The predicted octanol–water partition coefficient (Wildman–Crippen LogP) is 4.29. The highest BCUT2D eigenvalue weighted by Gasteiger charge is 2.33. The van der Waals surface area contributed by atoms with Gasteiger partial charge in [0.1, 0.15) is 5.82 Å². The molecule has 1 saturated carbocycles. The van der Waals surface area contributed by atoms with Crippen molar-refractivity contribution in [2.75, 3.05) is 32.2 Å². The number of rotatable bonds is 8. The summed E-state index contributed by atoms with van der Waals surface area (Å²) in [6.07, 6.45) is 11.7. The summed E-state index contributed by atoms with van der Waals surface area (Å²) in [5.74, 6) is 2.13. The molecule has 0 radical (unpaired) electrons. The lowest BCUT2D eigenvalue weighted by Gasteiger charge is -2.27. The van der Waals surface area contributed by atoms with Crippen LogP contribution in [0.5, 0.6) is 0 Å². The Morgan fingerprint density at radius 3 is 2.52 bits per heavy atom. The summed E-state index contributed by atoms with van der Waals surface area (Å²) in [4.78, 5) is 7.33. The van der Waals surface area contributed by atoms with Crippen LogP contribution >= 0.6 is 0 Å². The monoisotopic (exact) mass is 441 g/mol. The van der Waals surface area contributed by atoms with Crippen molar-refractivity contribution in [3.8, 4) is 0 Å². The molecule has 0 amide bonds. The van der Waals surface area contributed by atoms with Crippen LogP contribution in [-0.4, -0.2) is 51.2 Å². The van der Waals surface area contributed by atoms with Gasteiger partial charge < -0.3 is 10.2 Å². The van der Waals surface area contributed by atoms with Crippen LogP contribution in [0.3, 0.4) is 0 Å². The van der Waals surface area contributed by atoms with Gasteiger partial charge in [0.15, 0.2) is 9.84 Å². The number of fused-ring (bicyclic) bond motifs is 1. The first-order valence-electron chi connectivity index (χ1n) is 11.5. The third kappa shape index (κ3) is 5.47. The van der Waals surface area contributed by atoms with Gasteiger partial charge in [-0.25, -0.2) is 13.4 Å². The quantitative estimate of drug-likeness (QED) is 0.662. The van der Waals surface area contributed by atoms with E-state index in [2.05, 4.69) is 30.4 Å². The highest BCUT2D eigenvalue weighted by molar-refractivity contribution is 7.90. The summed E-state index contributed by atoms with van der Waals surface area (Å²) >= 11 is 0. The average molecular weight is 442 g/mol. The minimum Gasteiger partial charge on any atom is -0.366 e. The number of hydrogen-bond acceptors (Lipinski definition) is 5. The third-order valence-corrected chi connectivity index (χ3v) is 8.05. The average Bonchev–Trinajstić information content (AvgIpc) is 3.39. The summed E-state index contributed by atoms with van der Waals surface area (Å²) in [7, 11) is 1.02. The van der Waals surface area contributed by atoms with Gasteiger partial charge in [-0.05, 0) is 68.1 Å². The van der Waals surface area contributed by atoms with Gasteiger partial charge in [0.05, 0.1) is 4.90 Å². The smallest absolute Gasteiger partial charge is 0.175 e. The predicted molar refractivity (Wildman–Crippen MR) is 126 cm³/mol. The van der Waals surface area contributed by atoms with Crippen LogP contribution in [0, 0.1) is 5.92 Å². The number of aromatic nitrogens is 1. The van der Waals surface area contributed by atoms with Crippen LogP contribution in [0.2, 0.25) is 0 Å². The van der Waals surface area contributed by atoms with E-state index >= 15 is 0 Å². The number of hydrogen-bond donors (Lipinski definition) is 1. The lowest BCUT2D eigenvalue weighted by molar-refractivity contribution is 0.412. The molecule has 1 aromatic carbocycles. The van der Waals surface area contributed by atoms with Gasteiger partial charge in [0.25, 0.3) is 0 Å². The molecule has 1 aromatic heterocycles. The Bertz CT molecular complexity index is 996. The number of nitrogens with zero attached hydrogens (tertiary/aromatic N) is 2. The van der Waals surface area contributed by atoms with Gasteiger partial charge in [-0.2, -0.15) is 0 Å². The van der Waals surface area contributed by atoms with E-state index in [0.29, 0.717) is 16.9 Å². The summed E-state index contributed by atoms with van der Waals surface area (Å²) in [6, 6.07) is 10.2. The Morgan fingerprint density at radius 2 is 1.87 bits per heavy atom. The molecule has 1 N–H and O–H groups in total. The van der Waals surface area contributed by atoms with Crippen molar-refractivity contribution in [3.63, 3.8) is 0 Å². The molecule has 1 aliphatic carbocycles. The lowest BCUT2D eigenvalue weighted by atomic mass is 9.82. The SMILES string of the molecule is CN(C)CCc1cnc2c(c1)CC(C(CC1CCCC1)c1ccc(S(C)(=O)=O)cc1)N2. The van der Waals surface area contributed by atoms with Crippen LogP contribution in [0.25, 0.3) is 0 Å². The van der Waals surface area contributed by atoms with Gasteiger partial charge in [0.2, 0.25) is 0 Å². The summed E-state index contributed by atoms with van der Waals surface area (Å²) < 4.78 is 23.8. The Balaban J connectivity index is 1.55. The molecule has 6 heteroatoms. The molecule has 31 heavy (non-hydrogen) atoms. The van der Waals surface area contributed by atoms with E-state index in [-0.39, 0.29) is 0 Å². The van der Waals surface area contributed by atoms with Crippen LogP contribution in [0.15, 0.2) is 41.4 Å². The molecular formula is C25H35N3O2S. The number of likely N-dealkylation sites (N-methyl/N-ethyl adjacent to an activating group) is 1. The van der Waals surface area contributed by atoms with Crippen LogP contribution < -0.4 is 5.32 Å². The fourth-order valence-electron chi connectivity index (χ4n) is 5.14. The first-order chi connectivity index (χ1) is 14.8. The number of nitrogens with one attached hydrogen (secondary N) is 1. The zero-order chi connectivity index (χ0) is 22.0. The molecule has 2 atom stereocenters. The molecule has 1 aliphatic heterocycles. The standard InChI is InChI=1S/C25H35N3O2S/c1-28(2)13-12-19-14-21-16-24(27-25(21)26-17-19)23(15-18-6-4-5-7-18)20-8-10-22(11-9-20)31(3,29)30/h8-11,14,17-18,23-24H,4-7,12-13,15-16H2,1-3H3,(H,26,27). The van der Waals surface area contributed by atoms with E-state index in [1.165, 1.54) is 48.6 Å². The molecule has 4 rings (SSSR count). The van der Waals surface area contributed by atoms with Crippen molar-refractivity contribution in [3.05, 3.63) is 53.2 Å². The Hall–Kier alpha value is -1.92. The van der Waals surface area contributed by atoms with Gasteiger partial charge in [-0.15, -0.1) is 0 Å². The molecule has 0 saturated heterocycles. The summed E-state index contributed by atoms with van der Waals surface area (Å²) in [5.41, 5.74) is 3.84. The normalized spacial score (nSPS) is 20.1. The van der Waals surface area contributed by atoms with Gasteiger partial charge in [0, 0.05) is 31.0 Å². The minimum atomic E-state index is -3.18. The lowest BCUT2D eigenvalue weighted by Crippen LogP contribution is -2.27. The van der Waals surface area contributed by atoms with Gasteiger partial charge in [-0.3, -0.25) is 0 Å². The zero-order valence-electron chi connectivity index (χ0n) is 19.0. The van der Waals surface area contributed by atoms with E-state index in [0.717, 1.165) is 37.5 Å². The van der Waals surface area contributed by atoms with Crippen molar-refractivity contribution in [2.45, 2.75) is 61.8 Å². The van der Waals surface area contributed by atoms with E-state index in [9.17, 15) is 8.42 Å². The molecule has 0 spiro atoms. The molecule has 2 aliphatic rings. The number of pyridine rings is 1. The van der Waals surface area contributed by atoms with Crippen LogP contribution in [-0.2, 0) is 22.7 Å². The summed E-state index contributed by atoms with van der Waals surface area (Å²) in [6.45, 7) is 1.02.